The van der Waals surface area contributed by atoms with Gasteiger partial charge >= 0.3 is 12.3 Å². The Labute approximate surface area is 105 Å². The molecule has 0 aliphatic heterocycles. The summed E-state index contributed by atoms with van der Waals surface area (Å²) in [5.74, 6) is -2.67. The Kier molecular flexibility index (Phi) is 4.22. The Morgan fingerprint density at radius 1 is 1.47 bits per heavy atom. The van der Waals surface area contributed by atoms with Crippen LogP contribution in [0.15, 0.2) is 12.1 Å². The predicted octanol–water partition coefficient (Wildman–Crippen LogP) is 2.34. The lowest BCUT2D eigenvalue weighted by molar-refractivity contribution is -0.274. The molecule has 8 heteroatoms. The molecule has 5 nitrogen and oxygen atoms in total. The number of aromatic hydroxyl groups is 1. The minimum Gasteiger partial charge on any atom is -0.508 e. The highest BCUT2D eigenvalue weighted by Crippen LogP contribution is 2.33. The number of phenolic OH excluding ortho intramolecular Hbond substituents is 1. The highest BCUT2D eigenvalue weighted by Gasteiger charge is 2.35. The van der Waals surface area contributed by atoms with Crippen molar-refractivity contribution in [3.8, 4) is 17.6 Å². The van der Waals surface area contributed by atoms with E-state index in [1.165, 1.54) is 13.0 Å². The molecule has 0 aromatic heterocycles. The van der Waals surface area contributed by atoms with Crippen LogP contribution in [-0.4, -0.2) is 24.0 Å². The maximum absolute atomic E-state index is 12.2. The van der Waals surface area contributed by atoms with Crippen molar-refractivity contribution in [1.29, 1.82) is 5.26 Å². The number of hydrogen-bond donors (Lipinski definition) is 1. The first-order valence-electron chi connectivity index (χ1n) is 4.98. The zero-order valence-corrected chi connectivity index (χ0v) is 9.61. The van der Waals surface area contributed by atoms with Gasteiger partial charge in [0.05, 0.1) is 12.2 Å². The van der Waals surface area contributed by atoms with Gasteiger partial charge in [-0.05, 0) is 13.0 Å². The lowest BCUT2D eigenvalue weighted by Gasteiger charge is -2.14. The molecule has 0 saturated heterocycles. The van der Waals surface area contributed by atoms with Gasteiger partial charge in [-0.1, -0.05) is 0 Å². The molecule has 0 atom stereocenters. The molecule has 0 fully saturated rings. The predicted molar refractivity (Wildman–Crippen MR) is 55.5 cm³/mol. The molecule has 0 radical (unpaired) electrons. The van der Waals surface area contributed by atoms with E-state index in [1.54, 1.807) is 0 Å². The second kappa shape index (κ2) is 5.48. The van der Waals surface area contributed by atoms with Crippen molar-refractivity contribution < 1.29 is 32.5 Å². The Morgan fingerprint density at radius 3 is 2.58 bits per heavy atom. The Bertz CT molecular complexity index is 534. The molecule has 0 spiro atoms. The second-order valence-electron chi connectivity index (χ2n) is 3.25. The van der Waals surface area contributed by atoms with Crippen LogP contribution in [0.1, 0.15) is 22.8 Å². The van der Waals surface area contributed by atoms with Gasteiger partial charge in [-0.3, -0.25) is 0 Å². The number of alkyl halides is 3. The standard InChI is InChI=1S/C11H8F3NO4/c1-2-18-10(17)8-4-7(16)3-6(5-15)9(8)19-11(12,13)14/h3-4,16H,2H2,1H3. The number of ether oxygens (including phenoxy) is 2. The highest BCUT2D eigenvalue weighted by atomic mass is 19.4. The zero-order valence-electron chi connectivity index (χ0n) is 9.61. The minimum absolute atomic E-state index is 0.0815. The number of phenols is 1. The number of nitriles is 1. The first kappa shape index (κ1) is 14.6. The van der Waals surface area contributed by atoms with Gasteiger partial charge in [-0.15, -0.1) is 13.2 Å². The van der Waals surface area contributed by atoms with Crippen LogP contribution in [-0.2, 0) is 4.74 Å². The molecule has 0 amide bonds. The number of nitrogens with zero attached hydrogens (tertiary/aromatic N) is 1. The van der Waals surface area contributed by atoms with E-state index in [-0.39, 0.29) is 6.61 Å². The third-order valence-electron chi connectivity index (χ3n) is 1.91. The normalized spacial score (nSPS) is 10.7. The summed E-state index contributed by atoms with van der Waals surface area (Å²) < 4.78 is 44.9. The fourth-order valence-corrected chi connectivity index (χ4v) is 1.28. The molecule has 0 unspecified atom stereocenters. The van der Waals surface area contributed by atoms with E-state index in [9.17, 15) is 23.1 Å². The summed E-state index contributed by atoms with van der Waals surface area (Å²) in [4.78, 5) is 11.5. The molecule has 1 aromatic carbocycles. The Balaban J connectivity index is 3.38. The maximum Gasteiger partial charge on any atom is 0.573 e. The molecule has 1 aromatic rings. The molecular formula is C11H8F3NO4. The molecule has 0 aliphatic carbocycles. The number of hydrogen-bond acceptors (Lipinski definition) is 5. The summed E-state index contributed by atoms with van der Waals surface area (Å²) in [6, 6.07) is 2.89. The second-order valence-corrected chi connectivity index (χ2v) is 3.25. The van der Waals surface area contributed by atoms with Gasteiger partial charge < -0.3 is 14.6 Å². The van der Waals surface area contributed by atoms with Crippen molar-refractivity contribution in [2.45, 2.75) is 13.3 Å². The monoisotopic (exact) mass is 275 g/mol. The van der Waals surface area contributed by atoms with Crippen molar-refractivity contribution in [2.75, 3.05) is 6.61 Å². The average molecular weight is 275 g/mol. The van der Waals surface area contributed by atoms with E-state index in [1.807, 2.05) is 0 Å². The Hall–Kier alpha value is -2.43. The summed E-state index contributed by atoms with van der Waals surface area (Å²) in [7, 11) is 0. The largest absolute Gasteiger partial charge is 0.573 e. The number of rotatable bonds is 3. The van der Waals surface area contributed by atoms with Crippen molar-refractivity contribution in [2.24, 2.45) is 0 Å². The van der Waals surface area contributed by atoms with E-state index >= 15 is 0 Å². The van der Waals surface area contributed by atoms with Gasteiger partial charge in [0.25, 0.3) is 0 Å². The molecule has 0 bridgehead atoms. The molecule has 1 rings (SSSR count). The average Bonchev–Trinajstić information content (AvgIpc) is 2.29. The van der Waals surface area contributed by atoms with Gasteiger partial charge in [-0.25, -0.2) is 4.79 Å². The molecule has 102 valence electrons. The summed E-state index contributed by atoms with van der Waals surface area (Å²) >= 11 is 0. The highest BCUT2D eigenvalue weighted by molar-refractivity contribution is 5.94. The van der Waals surface area contributed by atoms with E-state index in [2.05, 4.69) is 9.47 Å². The topological polar surface area (TPSA) is 79.5 Å². The van der Waals surface area contributed by atoms with Crippen LogP contribution in [0.2, 0.25) is 0 Å². The summed E-state index contributed by atoms with van der Waals surface area (Å²) in [6.45, 7) is 1.37. The molecule has 0 aliphatic rings. The first-order valence-corrected chi connectivity index (χ1v) is 4.98. The van der Waals surface area contributed by atoms with Crippen LogP contribution in [0.3, 0.4) is 0 Å². The number of esters is 1. The fraction of sp³-hybridized carbons (Fsp3) is 0.273. The molecule has 19 heavy (non-hydrogen) atoms. The zero-order chi connectivity index (χ0) is 14.6. The third-order valence-corrected chi connectivity index (χ3v) is 1.91. The van der Waals surface area contributed by atoms with E-state index in [0.717, 1.165) is 12.1 Å². The van der Waals surface area contributed by atoms with Crippen LogP contribution in [0, 0.1) is 11.3 Å². The van der Waals surface area contributed by atoms with Gasteiger partial charge in [0.2, 0.25) is 0 Å². The van der Waals surface area contributed by atoms with Gasteiger partial charge in [0.1, 0.15) is 17.4 Å². The van der Waals surface area contributed by atoms with E-state index in [0.29, 0.717) is 0 Å². The van der Waals surface area contributed by atoms with Crippen molar-refractivity contribution >= 4 is 5.97 Å². The molecular weight excluding hydrogens is 267 g/mol. The summed E-state index contributed by atoms with van der Waals surface area (Å²) in [5.41, 5.74) is -1.30. The first-order chi connectivity index (χ1) is 8.78. The van der Waals surface area contributed by atoms with Crippen LogP contribution >= 0.6 is 0 Å². The van der Waals surface area contributed by atoms with Crippen molar-refractivity contribution in [3.63, 3.8) is 0 Å². The van der Waals surface area contributed by atoms with Crippen molar-refractivity contribution in [3.05, 3.63) is 23.3 Å². The van der Waals surface area contributed by atoms with Crippen LogP contribution in [0.5, 0.6) is 11.5 Å². The van der Waals surface area contributed by atoms with Crippen LogP contribution in [0.4, 0.5) is 13.2 Å². The fourth-order valence-electron chi connectivity index (χ4n) is 1.28. The van der Waals surface area contributed by atoms with Gasteiger partial charge in [0, 0.05) is 6.07 Å². The molecule has 1 N–H and O–H groups in total. The van der Waals surface area contributed by atoms with Crippen LogP contribution in [0.25, 0.3) is 0 Å². The Morgan fingerprint density at radius 2 is 2.11 bits per heavy atom. The number of benzene rings is 1. The number of carbonyl (C=O) groups is 1. The van der Waals surface area contributed by atoms with E-state index in [4.69, 9.17) is 5.26 Å². The van der Waals surface area contributed by atoms with Gasteiger partial charge in [-0.2, -0.15) is 5.26 Å². The smallest absolute Gasteiger partial charge is 0.508 e. The quantitative estimate of drug-likeness (QED) is 0.856. The SMILES string of the molecule is CCOC(=O)c1cc(O)cc(C#N)c1OC(F)(F)F. The summed E-state index contributed by atoms with van der Waals surface area (Å²) in [6.07, 6.45) is -5.08. The van der Waals surface area contributed by atoms with Crippen molar-refractivity contribution in [1.82, 2.24) is 0 Å². The molecule has 0 saturated carbocycles. The molecule has 0 heterocycles. The van der Waals surface area contributed by atoms with Crippen LogP contribution < -0.4 is 4.74 Å². The summed E-state index contributed by atoms with van der Waals surface area (Å²) in [5, 5.41) is 18.0. The maximum atomic E-state index is 12.2. The van der Waals surface area contributed by atoms with E-state index < -0.39 is 35.0 Å². The number of carbonyl (C=O) groups excluding carboxylic acids is 1. The lowest BCUT2D eigenvalue weighted by atomic mass is 10.1. The lowest BCUT2D eigenvalue weighted by Crippen LogP contribution is -2.20. The van der Waals surface area contributed by atoms with Gasteiger partial charge in [0.15, 0.2) is 5.75 Å². The third kappa shape index (κ3) is 3.77. The minimum atomic E-state index is -5.08. The number of halogens is 3.